The van der Waals surface area contributed by atoms with Crippen LogP contribution >= 0.6 is 24.8 Å². The molecule has 0 aliphatic heterocycles. The number of carbonyl (C=O) groups is 1. The average molecular weight is 380 g/mol. The Hall–Kier alpha value is -0.880. The highest BCUT2D eigenvalue weighted by Gasteiger charge is 2.26. The summed E-state index contributed by atoms with van der Waals surface area (Å²) in [6.07, 6.45) is 3.66. The van der Waals surface area contributed by atoms with Crippen molar-refractivity contribution in [3.63, 3.8) is 0 Å². The van der Waals surface area contributed by atoms with Gasteiger partial charge in [0.1, 0.15) is 5.82 Å². The lowest BCUT2D eigenvalue weighted by atomic mass is 9.99. The second-order valence-electron chi connectivity index (χ2n) is 6.40. The van der Waals surface area contributed by atoms with Gasteiger partial charge in [0.25, 0.3) is 0 Å². The molecule has 1 saturated carbocycles. The largest absolute Gasteiger partial charge is 0.354 e. The number of rotatable bonds is 6. The van der Waals surface area contributed by atoms with Gasteiger partial charge < -0.3 is 16.0 Å². The molecule has 3 N–H and O–H groups in total. The fourth-order valence-electron chi connectivity index (χ4n) is 3.15. The fourth-order valence-corrected chi connectivity index (χ4v) is 3.15. The van der Waals surface area contributed by atoms with Gasteiger partial charge in [0.05, 0.1) is 6.04 Å². The monoisotopic (exact) mass is 379 g/mol. The van der Waals surface area contributed by atoms with Crippen LogP contribution in [-0.2, 0) is 4.79 Å². The lowest BCUT2D eigenvalue weighted by Gasteiger charge is -2.25. The van der Waals surface area contributed by atoms with Gasteiger partial charge in [-0.15, -0.1) is 24.8 Å². The molecule has 1 fully saturated rings. The zero-order valence-corrected chi connectivity index (χ0v) is 15.8. The van der Waals surface area contributed by atoms with Gasteiger partial charge in [0.15, 0.2) is 0 Å². The van der Waals surface area contributed by atoms with E-state index in [4.69, 9.17) is 5.73 Å². The molecule has 4 nitrogen and oxygen atoms in total. The van der Waals surface area contributed by atoms with E-state index in [0.29, 0.717) is 18.9 Å². The van der Waals surface area contributed by atoms with E-state index in [2.05, 4.69) is 5.32 Å². The average Bonchev–Trinajstić information content (AvgIpc) is 2.84. The van der Waals surface area contributed by atoms with E-state index < -0.39 is 0 Å². The van der Waals surface area contributed by atoms with Gasteiger partial charge >= 0.3 is 0 Å². The maximum absolute atomic E-state index is 13.4. The number of benzene rings is 1. The van der Waals surface area contributed by atoms with Gasteiger partial charge in [-0.2, -0.15) is 0 Å². The summed E-state index contributed by atoms with van der Waals surface area (Å²) in [6, 6.07) is 6.63. The number of nitrogens with two attached hydrogens (primary N) is 1. The van der Waals surface area contributed by atoms with Crippen LogP contribution in [0.15, 0.2) is 24.3 Å². The Kier molecular flexibility index (Phi) is 10.5. The first kappa shape index (κ1) is 23.1. The van der Waals surface area contributed by atoms with E-state index in [0.717, 1.165) is 24.8 Å². The van der Waals surface area contributed by atoms with Gasteiger partial charge in [-0.1, -0.05) is 18.6 Å². The summed E-state index contributed by atoms with van der Waals surface area (Å²) in [5.74, 6) is 0.0742. The Labute approximate surface area is 156 Å². The van der Waals surface area contributed by atoms with Crippen LogP contribution in [0.4, 0.5) is 4.39 Å². The molecular formula is C17H28Cl2FN3O. The van der Waals surface area contributed by atoms with Crippen molar-refractivity contribution in [3.05, 3.63) is 35.6 Å². The van der Waals surface area contributed by atoms with Crippen molar-refractivity contribution in [2.24, 2.45) is 11.7 Å². The Balaban J connectivity index is 0.00000264. The van der Waals surface area contributed by atoms with Crippen LogP contribution in [0, 0.1) is 11.7 Å². The maximum Gasteiger partial charge on any atom is 0.220 e. The fraction of sp³-hybridized carbons (Fsp3) is 0.588. The number of halogens is 3. The lowest BCUT2D eigenvalue weighted by Crippen LogP contribution is -2.36. The SMILES string of the molecule is CN(C)C(CNC(=O)C[C@@H]1CCC[C@H]1N)c1cccc(F)c1.Cl.Cl. The molecule has 0 radical (unpaired) electrons. The predicted octanol–water partition coefficient (Wildman–Crippen LogP) is 2.91. The molecule has 0 bridgehead atoms. The molecule has 0 saturated heterocycles. The smallest absolute Gasteiger partial charge is 0.220 e. The normalized spacial score (nSPS) is 20.9. The van der Waals surface area contributed by atoms with Crippen LogP contribution in [0.3, 0.4) is 0 Å². The molecule has 0 spiro atoms. The molecular weight excluding hydrogens is 352 g/mol. The summed E-state index contributed by atoms with van der Waals surface area (Å²) in [6.45, 7) is 0.469. The Morgan fingerprint density at radius 3 is 2.62 bits per heavy atom. The molecule has 2 rings (SSSR count). The van der Waals surface area contributed by atoms with Crippen LogP contribution in [0.1, 0.15) is 37.3 Å². The van der Waals surface area contributed by atoms with E-state index in [1.54, 1.807) is 6.07 Å². The topological polar surface area (TPSA) is 58.4 Å². The molecule has 24 heavy (non-hydrogen) atoms. The summed E-state index contributed by atoms with van der Waals surface area (Å²) in [5.41, 5.74) is 6.87. The van der Waals surface area contributed by atoms with E-state index in [1.807, 2.05) is 25.1 Å². The summed E-state index contributed by atoms with van der Waals surface area (Å²) in [5, 5.41) is 2.97. The zero-order valence-electron chi connectivity index (χ0n) is 14.2. The lowest BCUT2D eigenvalue weighted by molar-refractivity contribution is -0.122. The van der Waals surface area contributed by atoms with Crippen LogP contribution < -0.4 is 11.1 Å². The summed E-state index contributed by atoms with van der Waals surface area (Å²) in [4.78, 5) is 14.1. The van der Waals surface area contributed by atoms with Gasteiger partial charge in [-0.05, 0) is 50.6 Å². The van der Waals surface area contributed by atoms with E-state index in [9.17, 15) is 9.18 Å². The van der Waals surface area contributed by atoms with Crippen LogP contribution in [0.5, 0.6) is 0 Å². The molecule has 1 aliphatic rings. The van der Waals surface area contributed by atoms with E-state index in [-0.39, 0.29) is 48.6 Å². The van der Waals surface area contributed by atoms with Crippen molar-refractivity contribution in [1.29, 1.82) is 0 Å². The molecule has 1 aromatic carbocycles. The maximum atomic E-state index is 13.4. The standard InChI is InChI=1S/C17H26FN3O.2ClH/c1-21(2)16(13-6-3-7-14(18)9-13)11-20-17(22)10-12-5-4-8-15(12)19;;/h3,6-7,9,12,15-16H,4-5,8,10-11,19H2,1-2H3,(H,20,22);2*1H/t12-,15+,16?;;/m0../s1. The third-order valence-corrected chi connectivity index (χ3v) is 4.51. The van der Waals surface area contributed by atoms with E-state index >= 15 is 0 Å². The molecule has 1 amide bonds. The number of likely N-dealkylation sites (N-methyl/N-ethyl adjacent to an activating group) is 1. The van der Waals surface area contributed by atoms with Gasteiger partial charge in [0.2, 0.25) is 5.91 Å². The number of nitrogens with zero attached hydrogens (tertiary/aromatic N) is 1. The Bertz CT molecular complexity index is 516. The number of hydrogen-bond acceptors (Lipinski definition) is 3. The Morgan fingerprint density at radius 1 is 1.38 bits per heavy atom. The van der Waals surface area contributed by atoms with Gasteiger partial charge in [0, 0.05) is 19.0 Å². The minimum Gasteiger partial charge on any atom is -0.354 e. The predicted molar refractivity (Wildman–Crippen MR) is 100 cm³/mol. The highest BCUT2D eigenvalue weighted by molar-refractivity contribution is 5.85. The zero-order chi connectivity index (χ0) is 16.1. The van der Waals surface area contributed by atoms with Crippen LogP contribution in [0.25, 0.3) is 0 Å². The third-order valence-electron chi connectivity index (χ3n) is 4.51. The molecule has 1 aromatic rings. The molecule has 3 atom stereocenters. The highest BCUT2D eigenvalue weighted by Crippen LogP contribution is 2.26. The quantitative estimate of drug-likeness (QED) is 0.798. The van der Waals surface area contributed by atoms with Crippen molar-refractivity contribution >= 4 is 30.7 Å². The number of hydrogen-bond donors (Lipinski definition) is 2. The number of nitrogens with one attached hydrogen (secondary N) is 1. The van der Waals surface area contributed by atoms with Crippen LogP contribution in [0.2, 0.25) is 0 Å². The first-order valence-corrected chi connectivity index (χ1v) is 7.91. The van der Waals surface area contributed by atoms with E-state index in [1.165, 1.54) is 12.1 Å². The number of amides is 1. The summed E-state index contributed by atoms with van der Waals surface area (Å²) in [7, 11) is 3.85. The molecule has 138 valence electrons. The van der Waals surface area contributed by atoms with Gasteiger partial charge in [-0.3, -0.25) is 4.79 Å². The minimum atomic E-state index is -0.257. The molecule has 7 heteroatoms. The van der Waals surface area contributed by atoms with Crippen molar-refractivity contribution < 1.29 is 9.18 Å². The van der Waals surface area contributed by atoms with Crippen molar-refractivity contribution in [1.82, 2.24) is 10.2 Å². The summed E-state index contributed by atoms with van der Waals surface area (Å²) < 4.78 is 13.4. The second-order valence-corrected chi connectivity index (χ2v) is 6.40. The van der Waals surface area contributed by atoms with Crippen molar-refractivity contribution in [2.75, 3.05) is 20.6 Å². The second kappa shape index (κ2) is 10.9. The first-order chi connectivity index (χ1) is 10.5. The van der Waals surface area contributed by atoms with Crippen molar-refractivity contribution in [3.8, 4) is 0 Å². The Morgan fingerprint density at radius 2 is 2.08 bits per heavy atom. The van der Waals surface area contributed by atoms with Crippen LogP contribution in [-0.4, -0.2) is 37.5 Å². The number of carbonyl (C=O) groups excluding carboxylic acids is 1. The van der Waals surface area contributed by atoms with Gasteiger partial charge in [-0.25, -0.2) is 4.39 Å². The summed E-state index contributed by atoms with van der Waals surface area (Å²) >= 11 is 0. The molecule has 0 aromatic heterocycles. The molecule has 1 unspecified atom stereocenters. The first-order valence-electron chi connectivity index (χ1n) is 7.91. The molecule has 0 heterocycles. The minimum absolute atomic E-state index is 0. The third kappa shape index (κ3) is 6.55. The van der Waals surface area contributed by atoms with Crippen molar-refractivity contribution in [2.45, 2.75) is 37.8 Å². The molecule has 1 aliphatic carbocycles. The highest BCUT2D eigenvalue weighted by atomic mass is 35.5.